The minimum atomic E-state index is -0.00998. The maximum atomic E-state index is 6.29. The van der Waals surface area contributed by atoms with Gasteiger partial charge >= 0.3 is 0 Å². The van der Waals surface area contributed by atoms with Crippen LogP contribution in [0.3, 0.4) is 0 Å². The summed E-state index contributed by atoms with van der Waals surface area (Å²) in [5.41, 5.74) is 0.792. The van der Waals surface area contributed by atoms with E-state index in [1.165, 1.54) is 0 Å². The molecule has 21 heavy (non-hydrogen) atoms. The van der Waals surface area contributed by atoms with Crippen LogP contribution in [0.2, 0.25) is 10.0 Å². The van der Waals surface area contributed by atoms with Gasteiger partial charge in [-0.1, -0.05) is 30.1 Å². The van der Waals surface area contributed by atoms with Gasteiger partial charge in [0.2, 0.25) is 0 Å². The van der Waals surface area contributed by atoms with Gasteiger partial charge in [0.05, 0.1) is 21.8 Å². The van der Waals surface area contributed by atoms with Gasteiger partial charge in [-0.25, -0.2) is 4.98 Å². The lowest BCUT2D eigenvalue weighted by molar-refractivity contribution is 0.488. The molecule has 5 nitrogen and oxygen atoms in total. The van der Waals surface area contributed by atoms with Crippen LogP contribution in [-0.4, -0.2) is 26.3 Å². The fraction of sp³-hybridized carbons (Fsp3) is 0.500. The molecule has 2 aromatic heterocycles. The van der Waals surface area contributed by atoms with E-state index in [1.807, 2.05) is 11.6 Å². The molecule has 0 aliphatic heterocycles. The third-order valence-corrected chi connectivity index (χ3v) is 3.70. The highest BCUT2D eigenvalue weighted by Gasteiger charge is 2.19. The van der Waals surface area contributed by atoms with E-state index in [1.54, 1.807) is 18.6 Å². The predicted molar refractivity (Wildman–Crippen MR) is 84.7 cm³/mol. The van der Waals surface area contributed by atoms with E-state index in [9.17, 15) is 0 Å². The number of aromatic nitrogens is 4. The van der Waals surface area contributed by atoms with E-state index >= 15 is 0 Å². The first kappa shape index (κ1) is 16.2. The van der Waals surface area contributed by atoms with Crippen LogP contribution < -0.4 is 5.32 Å². The van der Waals surface area contributed by atoms with Crippen LogP contribution in [0.25, 0.3) is 0 Å². The quantitative estimate of drug-likeness (QED) is 0.847. The Balaban J connectivity index is 2.25. The minimum Gasteiger partial charge on any atom is -0.308 e. The minimum absolute atomic E-state index is 0.00998. The highest BCUT2D eigenvalue weighted by Crippen LogP contribution is 2.25. The van der Waals surface area contributed by atoms with Gasteiger partial charge in [0.1, 0.15) is 12.2 Å². The summed E-state index contributed by atoms with van der Waals surface area (Å²) in [7, 11) is 0. The molecule has 7 heteroatoms. The summed E-state index contributed by atoms with van der Waals surface area (Å²) in [6, 6.07) is 1.71. The molecule has 2 aromatic rings. The molecule has 1 atom stereocenters. The Bertz CT molecular complexity index is 584. The van der Waals surface area contributed by atoms with Gasteiger partial charge in [0.25, 0.3) is 0 Å². The van der Waals surface area contributed by atoms with Crippen molar-refractivity contribution in [1.82, 2.24) is 25.1 Å². The first-order valence-corrected chi connectivity index (χ1v) is 7.82. The normalized spacial score (nSPS) is 12.6. The SMILES string of the molecule is CCCNC(Cc1ncnn1CC)c1ncc(Cl)cc1Cl. The summed E-state index contributed by atoms with van der Waals surface area (Å²) in [5.74, 6) is 0.916. The van der Waals surface area contributed by atoms with Crippen molar-refractivity contribution in [2.24, 2.45) is 0 Å². The number of aryl methyl sites for hydroxylation is 1. The third-order valence-electron chi connectivity index (χ3n) is 3.19. The predicted octanol–water partition coefficient (Wildman–Crippen LogP) is 3.28. The smallest absolute Gasteiger partial charge is 0.138 e. The van der Waals surface area contributed by atoms with Crippen LogP contribution in [0.1, 0.15) is 37.8 Å². The lowest BCUT2D eigenvalue weighted by Crippen LogP contribution is -2.26. The molecule has 0 saturated heterocycles. The largest absolute Gasteiger partial charge is 0.308 e. The zero-order valence-electron chi connectivity index (χ0n) is 12.2. The Labute approximate surface area is 134 Å². The molecule has 0 aliphatic rings. The molecule has 2 heterocycles. The van der Waals surface area contributed by atoms with Crippen molar-refractivity contribution in [2.45, 2.75) is 39.3 Å². The molecule has 114 valence electrons. The van der Waals surface area contributed by atoms with Crippen molar-refractivity contribution < 1.29 is 0 Å². The van der Waals surface area contributed by atoms with Crippen molar-refractivity contribution in [1.29, 1.82) is 0 Å². The van der Waals surface area contributed by atoms with Crippen LogP contribution in [0.4, 0.5) is 0 Å². The summed E-state index contributed by atoms with van der Waals surface area (Å²) >= 11 is 12.2. The lowest BCUT2D eigenvalue weighted by Gasteiger charge is -2.19. The van der Waals surface area contributed by atoms with Crippen LogP contribution in [0.15, 0.2) is 18.6 Å². The number of hydrogen-bond donors (Lipinski definition) is 1. The highest BCUT2D eigenvalue weighted by molar-refractivity contribution is 6.34. The van der Waals surface area contributed by atoms with Crippen molar-refractivity contribution >= 4 is 23.2 Å². The van der Waals surface area contributed by atoms with Crippen LogP contribution >= 0.6 is 23.2 Å². The number of halogens is 2. The second kappa shape index (κ2) is 7.73. The molecule has 0 amide bonds. The van der Waals surface area contributed by atoms with E-state index in [-0.39, 0.29) is 6.04 Å². The number of hydrogen-bond acceptors (Lipinski definition) is 4. The van der Waals surface area contributed by atoms with Crippen LogP contribution in [0.5, 0.6) is 0 Å². The molecule has 1 N–H and O–H groups in total. The van der Waals surface area contributed by atoms with Crippen molar-refractivity contribution in [3.05, 3.63) is 40.2 Å². The number of nitrogens with one attached hydrogen (secondary N) is 1. The molecule has 0 aliphatic carbocycles. The van der Waals surface area contributed by atoms with Crippen LogP contribution in [-0.2, 0) is 13.0 Å². The Kier molecular flexibility index (Phi) is 5.96. The monoisotopic (exact) mass is 327 g/mol. The fourth-order valence-electron chi connectivity index (χ4n) is 2.16. The van der Waals surface area contributed by atoms with Gasteiger partial charge in [-0.2, -0.15) is 5.10 Å². The van der Waals surface area contributed by atoms with Crippen LogP contribution in [0, 0.1) is 0 Å². The molecule has 0 fully saturated rings. The first-order valence-electron chi connectivity index (χ1n) is 7.06. The molecule has 2 rings (SSSR count). The highest BCUT2D eigenvalue weighted by atomic mass is 35.5. The molecular formula is C14H19Cl2N5. The average molecular weight is 328 g/mol. The summed E-state index contributed by atoms with van der Waals surface area (Å²) in [5, 5.41) is 8.77. The Morgan fingerprint density at radius 1 is 1.29 bits per heavy atom. The van der Waals surface area contributed by atoms with Crippen molar-refractivity contribution in [2.75, 3.05) is 6.54 Å². The average Bonchev–Trinajstić information content (AvgIpc) is 2.91. The van der Waals surface area contributed by atoms with Crippen molar-refractivity contribution in [3.8, 4) is 0 Å². The van der Waals surface area contributed by atoms with Gasteiger partial charge in [0.15, 0.2) is 0 Å². The molecule has 0 spiro atoms. The third kappa shape index (κ3) is 4.15. The first-order chi connectivity index (χ1) is 10.2. The second-order valence-electron chi connectivity index (χ2n) is 4.72. The lowest BCUT2D eigenvalue weighted by atomic mass is 10.1. The Morgan fingerprint density at radius 2 is 2.10 bits per heavy atom. The summed E-state index contributed by atoms with van der Waals surface area (Å²) in [4.78, 5) is 8.71. The summed E-state index contributed by atoms with van der Waals surface area (Å²) in [6.07, 6.45) is 4.91. The zero-order valence-corrected chi connectivity index (χ0v) is 13.7. The van der Waals surface area contributed by atoms with E-state index in [4.69, 9.17) is 23.2 Å². The Morgan fingerprint density at radius 3 is 2.76 bits per heavy atom. The van der Waals surface area contributed by atoms with Gasteiger partial charge in [-0.15, -0.1) is 0 Å². The molecular weight excluding hydrogens is 309 g/mol. The van der Waals surface area contributed by atoms with E-state index < -0.39 is 0 Å². The molecule has 1 unspecified atom stereocenters. The van der Waals surface area contributed by atoms with E-state index in [0.29, 0.717) is 16.5 Å². The summed E-state index contributed by atoms with van der Waals surface area (Å²) < 4.78 is 1.88. The number of pyridine rings is 1. The summed E-state index contributed by atoms with van der Waals surface area (Å²) in [6.45, 7) is 5.83. The van der Waals surface area contributed by atoms with Gasteiger partial charge in [0, 0.05) is 19.2 Å². The second-order valence-corrected chi connectivity index (χ2v) is 5.57. The van der Waals surface area contributed by atoms with Gasteiger partial charge in [-0.05, 0) is 26.0 Å². The fourth-order valence-corrected chi connectivity index (χ4v) is 2.67. The molecule has 0 saturated carbocycles. The Hall–Kier alpha value is -1.17. The zero-order chi connectivity index (χ0) is 15.2. The van der Waals surface area contributed by atoms with Gasteiger partial charge < -0.3 is 5.32 Å². The van der Waals surface area contributed by atoms with E-state index in [2.05, 4.69) is 27.3 Å². The number of nitrogens with zero attached hydrogens (tertiary/aromatic N) is 4. The molecule has 0 aromatic carbocycles. The topological polar surface area (TPSA) is 55.6 Å². The number of rotatable bonds is 7. The molecule has 0 radical (unpaired) electrons. The van der Waals surface area contributed by atoms with Crippen molar-refractivity contribution in [3.63, 3.8) is 0 Å². The van der Waals surface area contributed by atoms with E-state index in [0.717, 1.165) is 31.0 Å². The standard InChI is InChI=1S/C14H19Cl2N5/c1-3-5-17-12(7-13-19-9-20-21(13)4-2)14-11(16)6-10(15)8-18-14/h6,8-9,12,17H,3-5,7H2,1-2H3. The maximum Gasteiger partial charge on any atom is 0.138 e. The molecule has 0 bridgehead atoms. The maximum absolute atomic E-state index is 6.29. The van der Waals surface area contributed by atoms with Gasteiger partial charge in [-0.3, -0.25) is 9.67 Å².